The van der Waals surface area contributed by atoms with Gasteiger partial charge in [-0.2, -0.15) is 0 Å². The van der Waals surface area contributed by atoms with Crippen molar-refractivity contribution < 1.29 is 9.90 Å². The molecule has 0 fully saturated rings. The first kappa shape index (κ1) is 13.1. The van der Waals surface area contributed by atoms with E-state index in [9.17, 15) is 9.90 Å². The summed E-state index contributed by atoms with van der Waals surface area (Å²) in [7, 11) is 0. The van der Waals surface area contributed by atoms with Gasteiger partial charge in [0.05, 0.1) is 5.69 Å². The topological polar surface area (TPSA) is 53.4 Å². The quantitative estimate of drug-likeness (QED) is 0.893. The van der Waals surface area contributed by atoms with Crippen LogP contribution in [0, 0.1) is 0 Å². The summed E-state index contributed by atoms with van der Waals surface area (Å²) in [5.41, 5.74) is 2.09. The average molecular weight is 256 g/mol. The van der Waals surface area contributed by atoms with Crippen LogP contribution in [0.3, 0.4) is 0 Å². The van der Waals surface area contributed by atoms with E-state index in [1.54, 1.807) is 12.3 Å². The van der Waals surface area contributed by atoms with Crippen LogP contribution >= 0.6 is 0 Å². The number of carbonyl (C=O) groups is 1. The van der Waals surface area contributed by atoms with Crippen molar-refractivity contribution >= 4 is 11.7 Å². The summed E-state index contributed by atoms with van der Waals surface area (Å²) in [6.45, 7) is 3.43. The van der Waals surface area contributed by atoms with Crippen molar-refractivity contribution in [3.63, 3.8) is 0 Å². The van der Waals surface area contributed by atoms with E-state index < -0.39 is 5.97 Å². The zero-order valence-electron chi connectivity index (χ0n) is 10.8. The molecule has 1 N–H and O–H groups in total. The molecule has 0 atom stereocenters. The van der Waals surface area contributed by atoms with Crippen LogP contribution < -0.4 is 4.90 Å². The highest BCUT2D eigenvalue weighted by atomic mass is 16.4. The fraction of sp³-hybridized carbons (Fsp3) is 0.200. The second-order valence-corrected chi connectivity index (χ2v) is 4.20. The zero-order valence-corrected chi connectivity index (χ0v) is 10.8. The number of benzene rings is 1. The van der Waals surface area contributed by atoms with Gasteiger partial charge < -0.3 is 10.0 Å². The highest BCUT2D eigenvalue weighted by Gasteiger charge is 2.15. The van der Waals surface area contributed by atoms with E-state index in [0.717, 1.165) is 12.1 Å². The molecule has 19 heavy (non-hydrogen) atoms. The fourth-order valence-electron chi connectivity index (χ4n) is 2.00. The Morgan fingerprint density at radius 1 is 1.26 bits per heavy atom. The molecule has 0 aliphatic heterocycles. The Bertz CT molecular complexity index is 555. The molecule has 0 saturated heterocycles. The number of carboxylic acids is 1. The average Bonchev–Trinajstić information content (AvgIpc) is 2.46. The molecule has 4 nitrogen and oxygen atoms in total. The number of hydrogen-bond acceptors (Lipinski definition) is 3. The normalized spacial score (nSPS) is 10.2. The van der Waals surface area contributed by atoms with Crippen LogP contribution in [0.15, 0.2) is 48.8 Å². The number of aromatic carboxylic acids is 1. The van der Waals surface area contributed by atoms with E-state index in [1.807, 2.05) is 42.2 Å². The van der Waals surface area contributed by atoms with Crippen LogP contribution in [-0.4, -0.2) is 22.6 Å². The first-order valence-corrected chi connectivity index (χ1v) is 6.18. The van der Waals surface area contributed by atoms with Crippen LogP contribution in [0.5, 0.6) is 0 Å². The molecule has 0 bridgehead atoms. The Balaban J connectivity index is 2.30. The monoisotopic (exact) mass is 256 g/mol. The number of anilines is 1. The van der Waals surface area contributed by atoms with Crippen LogP contribution in [0.1, 0.15) is 22.8 Å². The minimum atomic E-state index is -0.949. The second kappa shape index (κ2) is 6.00. The first-order valence-electron chi connectivity index (χ1n) is 6.18. The molecule has 1 aromatic carbocycles. The van der Waals surface area contributed by atoms with Crippen molar-refractivity contribution in [2.24, 2.45) is 0 Å². The molecule has 1 heterocycles. The van der Waals surface area contributed by atoms with Crippen molar-refractivity contribution in [3.8, 4) is 0 Å². The molecular formula is C15H16N2O2. The second-order valence-electron chi connectivity index (χ2n) is 4.20. The number of pyridine rings is 1. The highest BCUT2D eigenvalue weighted by molar-refractivity contribution is 5.94. The molecule has 0 spiro atoms. The number of aromatic nitrogens is 1. The highest BCUT2D eigenvalue weighted by Crippen LogP contribution is 2.21. The van der Waals surface area contributed by atoms with Gasteiger partial charge in [0.25, 0.3) is 0 Å². The van der Waals surface area contributed by atoms with Crippen LogP contribution in [0.25, 0.3) is 0 Å². The Morgan fingerprint density at radius 2 is 2.00 bits per heavy atom. The molecule has 2 aromatic rings. The van der Waals surface area contributed by atoms with Gasteiger partial charge >= 0.3 is 5.97 Å². The maximum atomic E-state index is 11.2. The minimum Gasteiger partial charge on any atom is -0.478 e. The minimum absolute atomic E-state index is 0.236. The molecule has 0 amide bonds. The van der Waals surface area contributed by atoms with Gasteiger partial charge in [0.1, 0.15) is 5.56 Å². The molecule has 98 valence electrons. The fourth-order valence-corrected chi connectivity index (χ4v) is 2.00. The first-order chi connectivity index (χ1) is 9.22. The third kappa shape index (κ3) is 3.10. The van der Waals surface area contributed by atoms with Gasteiger partial charge in [-0.25, -0.2) is 4.79 Å². The maximum absolute atomic E-state index is 11.2. The summed E-state index contributed by atoms with van der Waals surface area (Å²) in [4.78, 5) is 17.1. The Labute approximate surface area is 112 Å². The third-order valence-corrected chi connectivity index (χ3v) is 2.97. The zero-order chi connectivity index (χ0) is 13.7. The molecule has 0 saturated carbocycles. The van der Waals surface area contributed by atoms with Crippen molar-refractivity contribution in [2.45, 2.75) is 13.5 Å². The lowest BCUT2D eigenvalue weighted by Gasteiger charge is -2.24. The van der Waals surface area contributed by atoms with Gasteiger partial charge in [0.15, 0.2) is 0 Å². The number of rotatable bonds is 5. The van der Waals surface area contributed by atoms with E-state index in [2.05, 4.69) is 4.98 Å². The standard InChI is InChI=1S/C15H16N2O2/c1-2-17(11-12-6-4-3-5-7-12)14-8-9-16-10-13(14)15(18)19/h3-10H,2,11H2,1H3,(H,18,19). The summed E-state index contributed by atoms with van der Waals surface area (Å²) < 4.78 is 0. The summed E-state index contributed by atoms with van der Waals surface area (Å²) >= 11 is 0. The van der Waals surface area contributed by atoms with Crippen LogP contribution in [0.2, 0.25) is 0 Å². The van der Waals surface area contributed by atoms with Crippen molar-refractivity contribution in [3.05, 3.63) is 59.9 Å². The molecule has 0 aliphatic rings. The van der Waals surface area contributed by atoms with E-state index in [4.69, 9.17) is 0 Å². The predicted molar refractivity (Wildman–Crippen MR) is 74.4 cm³/mol. The third-order valence-electron chi connectivity index (χ3n) is 2.97. The lowest BCUT2D eigenvalue weighted by atomic mass is 10.1. The van der Waals surface area contributed by atoms with Gasteiger partial charge in [0, 0.05) is 25.5 Å². The van der Waals surface area contributed by atoms with Crippen molar-refractivity contribution in [1.29, 1.82) is 0 Å². The molecule has 1 aromatic heterocycles. The van der Waals surface area contributed by atoms with E-state index >= 15 is 0 Å². The maximum Gasteiger partial charge on any atom is 0.339 e. The number of carboxylic acid groups (broad SMARTS) is 1. The van der Waals surface area contributed by atoms with Gasteiger partial charge in [-0.05, 0) is 18.6 Å². The SMILES string of the molecule is CCN(Cc1ccccc1)c1ccncc1C(=O)O. The van der Waals surface area contributed by atoms with E-state index in [0.29, 0.717) is 12.2 Å². The smallest absolute Gasteiger partial charge is 0.339 e. The lowest BCUT2D eigenvalue weighted by Crippen LogP contribution is -2.24. The molecule has 0 unspecified atom stereocenters. The summed E-state index contributed by atoms with van der Waals surface area (Å²) in [5.74, 6) is -0.949. The summed E-state index contributed by atoms with van der Waals surface area (Å²) in [6, 6.07) is 11.7. The van der Waals surface area contributed by atoms with Crippen LogP contribution in [-0.2, 0) is 6.54 Å². The van der Waals surface area contributed by atoms with Gasteiger partial charge in [-0.3, -0.25) is 4.98 Å². The number of nitrogens with zero attached hydrogens (tertiary/aromatic N) is 2. The van der Waals surface area contributed by atoms with Crippen molar-refractivity contribution in [1.82, 2.24) is 4.98 Å². The van der Waals surface area contributed by atoms with Gasteiger partial charge in [-0.1, -0.05) is 30.3 Å². The largest absolute Gasteiger partial charge is 0.478 e. The van der Waals surface area contributed by atoms with Gasteiger partial charge in [-0.15, -0.1) is 0 Å². The molecule has 2 rings (SSSR count). The Kier molecular flexibility index (Phi) is 4.13. The predicted octanol–water partition coefficient (Wildman–Crippen LogP) is 2.81. The van der Waals surface area contributed by atoms with Gasteiger partial charge in [0.2, 0.25) is 0 Å². The van der Waals surface area contributed by atoms with E-state index in [-0.39, 0.29) is 5.56 Å². The molecule has 4 heteroatoms. The molecular weight excluding hydrogens is 240 g/mol. The molecule has 0 radical (unpaired) electrons. The Morgan fingerprint density at radius 3 is 2.63 bits per heavy atom. The lowest BCUT2D eigenvalue weighted by molar-refractivity contribution is 0.0697. The summed E-state index contributed by atoms with van der Waals surface area (Å²) in [5, 5.41) is 9.21. The van der Waals surface area contributed by atoms with Crippen LogP contribution in [0.4, 0.5) is 5.69 Å². The van der Waals surface area contributed by atoms with E-state index in [1.165, 1.54) is 6.20 Å². The summed E-state index contributed by atoms with van der Waals surface area (Å²) in [6.07, 6.45) is 3.01. The van der Waals surface area contributed by atoms with Crippen molar-refractivity contribution in [2.75, 3.05) is 11.4 Å². The number of hydrogen-bond donors (Lipinski definition) is 1. The Hall–Kier alpha value is -2.36. The molecule has 0 aliphatic carbocycles.